The molecule has 0 fully saturated rings. The number of hydrogen-bond acceptors (Lipinski definition) is 0. The fraction of sp³-hybridized carbons (Fsp3) is 0.857. The minimum atomic E-state index is 0.952. The van der Waals surface area contributed by atoms with Crippen molar-refractivity contribution in [1.82, 2.24) is 0 Å². The summed E-state index contributed by atoms with van der Waals surface area (Å²) in [6.45, 7) is 8.41. The minimum Gasteiger partial charge on any atom is -0.103 e. The molecule has 0 aliphatic heterocycles. The summed E-state index contributed by atoms with van der Waals surface area (Å²) in [4.78, 5) is 0. The normalized spacial score (nSPS) is 12.7. The highest BCUT2D eigenvalue weighted by atomic mass is 14.1. The second-order valence-electron chi connectivity index (χ2n) is 4.53. The Bertz CT molecular complexity index is 115. The highest BCUT2D eigenvalue weighted by Gasteiger charge is 1.99. The SMILES string of the molecule is C=CCCCCCCCC(C)CCC. The van der Waals surface area contributed by atoms with Crippen LogP contribution in [-0.4, -0.2) is 0 Å². The molecule has 0 aliphatic rings. The van der Waals surface area contributed by atoms with E-state index in [1.165, 1.54) is 57.8 Å². The molecule has 0 heterocycles. The van der Waals surface area contributed by atoms with Gasteiger partial charge in [0.15, 0.2) is 0 Å². The van der Waals surface area contributed by atoms with Crippen LogP contribution in [-0.2, 0) is 0 Å². The van der Waals surface area contributed by atoms with Crippen LogP contribution in [0.4, 0.5) is 0 Å². The van der Waals surface area contributed by atoms with Gasteiger partial charge in [0.25, 0.3) is 0 Å². The average molecular weight is 196 g/mol. The smallest absolute Gasteiger partial charge is 0.0353 e. The van der Waals surface area contributed by atoms with Gasteiger partial charge in [-0.05, 0) is 18.8 Å². The van der Waals surface area contributed by atoms with Gasteiger partial charge in [-0.25, -0.2) is 0 Å². The quantitative estimate of drug-likeness (QED) is 0.327. The predicted molar refractivity (Wildman–Crippen MR) is 66.6 cm³/mol. The second kappa shape index (κ2) is 10.8. The van der Waals surface area contributed by atoms with E-state index in [4.69, 9.17) is 0 Å². The Kier molecular flexibility index (Phi) is 10.6. The first-order valence-corrected chi connectivity index (χ1v) is 6.42. The summed E-state index contributed by atoms with van der Waals surface area (Å²) in [5, 5.41) is 0. The number of rotatable bonds is 10. The van der Waals surface area contributed by atoms with Crippen molar-refractivity contribution in [1.29, 1.82) is 0 Å². The Hall–Kier alpha value is -0.260. The minimum absolute atomic E-state index is 0.952. The molecule has 0 nitrogen and oxygen atoms in total. The summed E-state index contributed by atoms with van der Waals surface area (Å²) in [6.07, 6.45) is 14.5. The molecule has 0 saturated carbocycles. The van der Waals surface area contributed by atoms with E-state index >= 15 is 0 Å². The van der Waals surface area contributed by atoms with Crippen molar-refractivity contribution in [2.75, 3.05) is 0 Å². The fourth-order valence-corrected chi connectivity index (χ4v) is 1.95. The molecule has 1 atom stereocenters. The van der Waals surface area contributed by atoms with Gasteiger partial charge < -0.3 is 0 Å². The van der Waals surface area contributed by atoms with E-state index in [2.05, 4.69) is 20.4 Å². The average Bonchev–Trinajstić information content (AvgIpc) is 2.17. The maximum atomic E-state index is 3.74. The number of hydrogen-bond donors (Lipinski definition) is 0. The van der Waals surface area contributed by atoms with Gasteiger partial charge >= 0.3 is 0 Å². The van der Waals surface area contributed by atoms with Crippen LogP contribution in [0.1, 0.15) is 71.6 Å². The molecule has 0 aromatic carbocycles. The molecule has 0 aliphatic carbocycles. The molecule has 0 bridgehead atoms. The molecule has 0 aromatic heterocycles. The fourth-order valence-electron chi connectivity index (χ4n) is 1.95. The van der Waals surface area contributed by atoms with E-state index in [0.717, 1.165) is 5.92 Å². The van der Waals surface area contributed by atoms with Crippen LogP contribution >= 0.6 is 0 Å². The molecule has 0 N–H and O–H groups in total. The molecule has 0 aromatic rings. The topological polar surface area (TPSA) is 0 Å². The summed E-state index contributed by atoms with van der Waals surface area (Å²) in [7, 11) is 0. The lowest BCUT2D eigenvalue weighted by Gasteiger charge is -2.08. The van der Waals surface area contributed by atoms with Crippen LogP contribution in [0.5, 0.6) is 0 Å². The van der Waals surface area contributed by atoms with Gasteiger partial charge in [-0.3, -0.25) is 0 Å². The van der Waals surface area contributed by atoms with Gasteiger partial charge in [-0.1, -0.05) is 64.9 Å². The van der Waals surface area contributed by atoms with E-state index in [0.29, 0.717) is 0 Å². The predicted octanol–water partition coefficient (Wildman–Crippen LogP) is 5.34. The largest absolute Gasteiger partial charge is 0.103 e. The Morgan fingerprint density at radius 2 is 1.64 bits per heavy atom. The van der Waals surface area contributed by atoms with Gasteiger partial charge in [0, 0.05) is 0 Å². The van der Waals surface area contributed by atoms with Crippen molar-refractivity contribution in [3.8, 4) is 0 Å². The van der Waals surface area contributed by atoms with Crippen LogP contribution in [0.3, 0.4) is 0 Å². The van der Waals surface area contributed by atoms with E-state index in [-0.39, 0.29) is 0 Å². The first-order chi connectivity index (χ1) is 6.81. The summed E-state index contributed by atoms with van der Waals surface area (Å²) < 4.78 is 0. The first-order valence-electron chi connectivity index (χ1n) is 6.42. The molecular weight excluding hydrogens is 168 g/mol. The molecule has 84 valence electrons. The van der Waals surface area contributed by atoms with Crippen LogP contribution in [0, 0.1) is 5.92 Å². The van der Waals surface area contributed by atoms with Crippen molar-refractivity contribution in [2.24, 2.45) is 5.92 Å². The van der Waals surface area contributed by atoms with E-state index in [1.54, 1.807) is 0 Å². The third-order valence-electron chi connectivity index (χ3n) is 2.89. The number of unbranched alkanes of at least 4 members (excludes halogenated alkanes) is 5. The van der Waals surface area contributed by atoms with Crippen molar-refractivity contribution in [3.05, 3.63) is 12.7 Å². The Morgan fingerprint density at radius 3 is 2.29 bits per heavy atom. The van der Waals surface area contributed by atoms with Crippen LogP contribution in [0.25, 0.3) is 0 Å². The van der Waals surface area contributed by atoms with Gasteiger partial charge in [0.2, 0.25) is 0 Å². The Balaban J connectivity index is 3.01. The highest BCUT2D eigenvalue weighted by Crippen LogP contribution is 2.15. The van der Waals surface area contributed by atoms with E-state index < -0.39 is 0 Å². The van der Waals surface area contributed by atoms with Crippen LogP contribution in [0.2, 0.25) is 0 Å². The molecule has 14 heavy (non-hydrogen) atoms. The standard InChI is InChI=1S/C14H28/c1-4-6-7-8-9-10-11-13-14(3)12-5-2/h4,14H,1,5-13H2,2-3H3. The highest BCUT2D eigenvalue weighted by molar-refractivity contribution is 4.65. The lowest BCUT2D eigenvalue weighted by Crippen LogP contribution is -1.93. The zero-order valence-corrected chi connectivity index (χ0v) is 10.2. The molecule has 0 amide bonds. The maximum Gasteiger partial charge on any atom is -0.0353 e. The monoisotopic (exact) mass is 196 g/mol. The van der Waals surface area contributed by atoms with Crippen LogP contribution < -0.4 is 0 Å². The molecule has 0 spiro atoms. The second-order valence-corrected chi connectivity index (χ2v) is 4.53. The van der Waals surface area contributed by atoms with E-state index in [1.807, 2.05) is 6.08 Å². The molecule has 0 saturated heterocycles. The Labute approximate surface area is 90.8 Å². The Morgan fingerprint density at radius 1 is 1.00 bits per heavy atom. The van der Waals surface area contributed by atoms with Gasteiger partial charge in [-0.15, -0.1) is 6.58 Å². The molecule has 1 unspecified atom stereocenters. The van der Waals surface area contributed by atoms with Crippen molar-refractivity contribution >= 4 is 0 Å². The lowest BCUT2D eigenvalue weighted by atomic mass is 9.98. The van der Waals surface area contributed by atoms with E-state index in [9.17, 15) is 0 Å². The summed E-state index contributed by atoms with van der Waals surface area (Å²) >= 11 is 0. The third-order valence-corrected chi connectivity index (χ3v) is 2.89. The van der Waals surface area contributed by atoms with Gasteiger partial charge in [0.1, 0.15) is 0 Å². The molecular formula is C14H28. The maximum absolute atomic E-state index is 3.74. The van der Waals surface area contributed by atoms with Crippen molar-refractivity contribution in [2.45, 2.75) is 71.6 Å². The van der Waals surface area contributed by atoms with Crippen molar-refractivity contribution < 1.29 is 0 Å². The zero-order chi connectivity index (χ0) is 10.6. The molecule has 0 radical (unpaired) electrons. The summed E-state index contributed by atoms with van der Waals surface area (Å²) in [5.41, 5.74) is 0. The molecule has 0 rings (SSSR count). The summed E-state index contributed by atoms with van der Waals surface area (Å²) in [5.74, 6) is 0.952. The first kappa shape index (κ1) is 13.7. The third kappa shape index (κ3) is 9.83. The van der Waals surface area contributed by atoms with Gasteiger partial charge in [0.05, 0.1) is 0 Å². The number of allylic oxidation sites excluding steroid dienone is 1. The van der Waals surface area contributed by atoms with Crippen molar-refractivity contribution in [3.63, 3.8) is 0 Å². The summed E-state index contributed by atoms with van der Waals surface area (Å²) in [6, 6.07) is 0. The molecule has 0 heteroatoms. The zero-order valence-electron chi connectivity index (χ0n) is 10.2. The van der Waals surface area contributed by atoms with Gasteiger partial charge in [-0.2, -0.15) is 0 Å². The van der Waals surface area contributed by atoms with Crippen LogP contribution in [0.15, 0.2) is 12.7 Å². The lowest BCUT2D eigenvalue weighted by molar-refractivity contribution is 0.452.